The number of carbonyl (C=O) groups excluding carboxylic acids is 1. The van der Waals surface area contributed by atoms with E-state index in [9.17, 15) is 4.79 Å². The number of furan rings is 1. The lowest BCUT2D eigenvalue weighted by molar-refractivity contribution is 0.101. The van der Waals surface area contributed by atoms with E-state index in [0.717, 1.165) is 5.69 Å². The summed E-state index contributed by atoms with van der Waals surface area (Å²) < 4.78 is 10.5. The predicted molar refractivity (Wildman–Crippen MR) is 85.3 cm³/mol. The Labute approximate surface area is 137 Å². The largest absolute Gasteiger partial charge is 0.461 e. The number of ketones is 1. The average Bonchev–Trinajstić information content (AvgIpc) is 3.15. The first-order valence-corrected chi connectivity index (χ1v) is 8.01. The van der Waals surface area contributed by atoms with Crippen LogP contribution in [0.3, 0.4) is 0 Å². The van der Waals surface area contributed by atoms with Gasteiger partial charge in [-0.15, -0.1) is 0 Å². The molecular formula is C16H15N3O3S. The standard InChI is InChI=1S/C16H15N3O3S/c1-9-15(10(2)20)16(18-11(3)17-9)23-8-12-7-14(22-19-12)13-5-4-6-21-13/h4-7H,8H2,1-3H3. The van der Waals surface area contributed by atoms with Gasteiger partial charge in [-0.1, -0.05) is 16.9 Å². The molecule has 0 aromatic carbocycles. The maximum atomic E-state index is 11.8. The van der Waals surface area contributed by atoms with Crippen LogP contribution in [0.5, 0.6) is 0 Å². The van der Waals surface area contributed by atoms with Crippen LogP contribution in [0.15, 0.2) is 38.4 Å². The van der Waals surface area contributed by atoms with Crippen molar-refractivity contribution in [1.29, 1.82) is 0 Å². The van der Waals surface area contributed by atoms with Gasteiger partial charge in [0.25, 0.3) is 0 Å². The normalized spacial score (nSPS) is 10.9. The van der Waals surface area contributed by atoms with E-state index in [0.29, 0.717) is 39.4 Å². The fourth-order valence-corrected chi connectivity index (χ4v) is 3.30. The van der Waals surface area contributed by atoms with Gasteiger partial charge in [0.1, 0.15) is 10.9 Å². The summed E-state index contributed by atoms with van der Waals surface area (Å²) in [5.41, 5.74) is 2.02. The smallest absolute Gasteiger partial charge is 0.202 e. The lowest BCUT2D eigenvalue weighted by atomic mass is 10.2. The monoisotopic (exact) mass is 329 g/mol. The Kier molecular flexibility index (Phi) is 4.29. The van der Waals surface area contributed by atoms with E-state index < -0.39 is 0 Å². The molecule has 0 saturated carbocycles. The van der Waals surface area contributed by atoms with Crippen molar-refractivity contribution in [2.45, 2.75) is 31.6 Å². The number of aryl methyl sites for hydroxylation is 2. The van der Waals surface area contributed by atoms with Crippen molar-refractivity contribution in [3.63, 3.8) is 0 Å². The van der Waals surface area contributed by atoms with Gasteiger partial charge in [-0.3, -0.25) is 4.79 Å². The van der Waals surface area contributed by atoms with Gasteiger partial charge < -0.3 is 8.94 Å². The van der Waals surface area contributed by atoms with Gasteiger partial charge >= 0.3 is 0 Å². The van der Waals surface area contributed by atoms with Crippen LogP contribution in [0.1, 0.15) is 34.5 Å². The van der Waals surface area contributed by atoms with Gasteiger partial charge in [-0.25, -0.2) is 9.97 Å². The highest BCUT2D eigenvalue weighted by Crippen LogP contribution is 2.28. The molecule has 0 saturated heterocycles. The number of nitrogens with zero attached hydrogens (tertiary/aromatic N) is 3. The molecule has 0 amide bonds. The highest BCUT2D eigenvalue weighted by atomic mass is 32.2. The van der Waals surface area contributed by atoms with Gasteiger partial charge in [0, 0.05) is 11.8 Å². The Bertz CT molecular complexity index is 840. The van der Waals surface area contributed by atoms with Gasteiger partial charge in [-0.05, 0) is 32.9 Å². The molecule has 3 rings (SSSR count). The van der Waals surface area contributed by atoms with Crippen molar-refractivity contribution in [3.05, 3.63) is 47.2 Å². The summed E-state index contributed by atoms with van der Waals surface area (Å²) in [7, 11) is 0. The summed E-state index contributed by atoms with van der Waals surface area (Å²) in [6.45, 7) is 5.16. The molecule has 0 unspecified atom stereocenters. The van der Waals surface area contributed by atoms with Crippen molar-refractivity contribution < 1.29 is 13.7 Å². The minimum absolute atomic E-state index is 0.0403. The summed E-state index contributed by atoms with van der Waals surface area (Å²) in [6.07, 6.45) is 1.58. The fraction of sp³-hybridized carbons (Fsp3) is 0.250. The first-order chi connectivity index (χ1) is 11.0. The van der Waals surface area contributed by atoms with E-state index in [2.05, 4.69) is 15.1 Å². The molecule has 7 heteroatoms. The Balaban J connectivity index is 1.80. The SMILES string of the molecule is CC(=O)c1c(C)nc(C)nc1SCc1cc(-c2ccco2)on1. The highest BCUT2D eigenvalue weighted by molar-refractivity contribution is 7.98. The molecule has 0 bridgehead atoms. The fourth-order valence-electron chi connectivity index (χ4n) is 2.25. The molecule has 118 valence electrons. The first kappa shape index (κ1) is 15.5. The minimum atomic E-state index is -0.0403. The van der Waals surface area contributed by atoms with Crippen molar-refractivity contribution in [1.82, 2.24) is 15.1 Å². The van der Waals surface area contributed by atoms with Crippen LogP contribution < -0.4 is 0 Å². The van der Waals surface area contributed by atoms with Crippen LogP contribution in [0, 0.1) is 13.8 Å². The van der Waals surface area contributed by atoms with Crippen LogP contribution in [0.4, 0.5) is 0 Å². The quantitative estimate of drug-likeness (QED) is 0.399. The number of hydrogen-bond donors (Lipinski definition) is 0. The molecular weight excluding hydrogens is 314 g/mol. The molecule has 0 radical (unpaired) electrons. The van der Waals surface area contributed by atoms with Gasteiger partial charge in [0.15, 0.2) is 11.5 Å². The number of hydrogen-bond acceptors (Lipinski definition) is 7. The minimum Gasteiger partial charge on any atom is -0.461 e. The van der Waals surface area contributed by atoms with Crippen molar-refractivity contribution >= 4 is 17.5 Å². The van der Waals surface area contributed by atoms with Gasteiger partial charge in [0.05, 0.1) is 23.2 Å². The number of rotatable bonds is 5. The Morgan fingerprint density at radius 3 is 2.78 bits per heavy atom. The molecule has 3 aromatic rings. The van der Waals surface area contributed by atoms with Crippen molar-refractivity contribution in [2.24, 2.45) is 0 Å². The zero-order valence-electron chi connectivity index (χ0n) is 13.0. The number of carbonyl (C=O) groups is 1. The maximum Gasteiger partial charge on any atom is 0.202 e. The first-order valence-electron chi connectivity index (χ1n) is 7.03. The zero-order chi connectivity index (χ0) is 16.4. The van der Waals surface area contributed by atoms with Crippen LogP contribution in [-0.2, 0) is 5.75 Å². The Hall–Kier alpha value is -2.41. The molecule has 0 N–H and O–H groups in total. The molecule has 0 aliphatic heterocycles. The molecule has 0 aliphatic rings. The Morgan fingerprint density at radius 2 is 2.09 bits per heavy atom. The second-order valence-electron chi connectivity index (χ2n) is 5.04. The van der Waals surface area contributed by atoms with E-state index in [-0.39, 0.29) is 5.78 Å². The summed E-state index contributed by atoms with van der Waals surface area (Å²) in [5, 5.41) is 4.69. The van der Waals surface area contributed by atoms with E-state index in [1.807, 2.05) is 26.0 Å². The lowest BCUT2D eigenvalue weighted by Crippen LogP contribution is -2.06. The van der Waals surface area contributed by atoms with Gasteiger partial charge in [0.2, 0.25) is 5.76 Å². The highest BCUT2D eigenvalue weighted by Gasteiger charge is 2.16. The number of Topliss-reactive ketones (excluding diaryl/α,β-unsaturated/α-hetero) is 1. The van der Waals surface area contributed by atoms with Gasteiger partial charge in [-0.2, -0.15) is 0 Å². The van der Waals surface area contributed by atoms with Crippen LogP contribution in [0.25, 0.3) is 11.5 Å². The second kappa shape index (κ2) is 6.37. The van der Waals surface area contributed by atoms with Crippen molar-refractivity contribution in [3.8, 4) is 11.5 Å². The Morgan fingerprint density at radius 1 is 1.26 bits per heavy atom. The third-order valence-electron chi connectivity index (χ3n) is 3.20. The van der Waals surface area contributed by atoms with Crippen LogP contribution in [-0.4, -0.2) is 20.9 Å². The molecule has 0 spiro atoms. The zero-order valence-corrected chi connectivity index (χ0v) is 13.8. The summed E-state index contributed by atoms with van der Waals surface area (Å²) in [4.78, 5) is 20.5. The van der Waals surface area contributed by atoms with Crippen LogP contribution in [0.2, 0.25) is 0 Å². The molecule has 0 atom stereocenters. The number of aromatic nitrogens is 3. The summed E-state index contributed by atoms with van der Waals surface area (Å²) in [5.74, 6) is 2.35. The molecule has 3 aromatic heterocycles. The molecule has 3 heterocycles. The molecule has 23 heavy (non-hydrogen) atoms. The second-order valence-corrected chi connectivity index (χ2v) is 6.01. The third-order valence-corrected chi connectivity index (χ3v) is 4.21. The van der Waals surface area contributed by atoms with Crippen LogP contribution >= 0.6 is 11.8 Å². The van der Waals surface area contributed by atoms with E-state index in [1.54, 1.807) is 12.3 Å². The third kappa shape index (κ3) is 3.34. The van der Waals surface area contributed by atoms with E-state index in [1.165, 1.54) is 18.7 Å². The van der Waals surface area contributed by atoms with E-state index in [4.69, 9.17) is 8.94 Å². The molecule has 0 fully saturated rings. The molecule has 6 nitrogen and oxygen atoms in total. The predicted octanol–water partition coefficient (Wildman–Crippen LogP) is 3.84. The maximum absolute atomic E-state index is 11.8. The summed E-state index contributed by atoms with van der Waals surface area (Å²) >= 11 is 1.44. The summed E-state index contributed by atoms with van der Waals surface area (Å²) in [6, 6.07) is 5.42. The van der Waals surface area contributed by atoms with E-state index >= 15 is 0 Å². The number of thioether (sulfide) groups is 1. The average molecular weight is 329 g/mol. The lowest BCUT2D eigenvalue weighted by Gasteiger charge is -2.08. The van der Waals surface area contributed by atoms with Crippen molar-refractivity contribution in [2.75, 3.05) is 0 Å². The molecule has 0 aliphatic carbocycles. The topological polar surface area (TPSA) is 82.0 Å².